The Kier molecular flexibility index (Phi) is 3.01. The smallest absolute Gasteiger partial charge is 0.449 e. The number of hydrogen-bond donors (Lipinski definition) is 0. The highest BCUT2D eigenvalue weighted by Crippen LogP contribution is 2.28. The van der Waals surface area contributed by atoms with Gasteiger partial charge in [-0.15, -0.1) is 0 Å². The molecule has 1 rings (SSSR count). The molecule has 0 aliphatic rings. The van der Waals surface area contributed by atoms with E-state index in [0.29, 0.717) is 0 Å². The van der Waals surface area contributed by atoms with Gasteiger partial charge in [0, 0.05) is 0 Å². The first-order valence-corrected chi connectivity index (χ1v) is 4.25. The normalized spacial score (nSPS) is 14.2. The molecule has 0 spiro atoms. The predicted molar refractivity (Wildman–Crippen MR) is 48.7 cm³/mol. The van der Waals surface area contributed by atoms with Gasteiger partial charge in [0.25, 0.3) is 0 Å². The molecule has 0 aliphatic heterocycles. The Morgan fingerprint density at radius 1 is 1.15 bits per heavy atom. The van der Waals surface area contributed by atoms with Crippen molar-refractivity contribution in [3.63, 3.8) is 0 Å². The number of rotatable bonds is 3. The third-order valence-electron chi connectivity index (χ3n) is 1.99. The van der Waals surface area contributed by atoms with E-state index in [-0.39, 0.29) is 0 Å². The molecular weight excluding hydrogens is 176 g/mol. The Labute approximate surface area is 75.8 Å². The highest BCUT2D eigenvalue weighted by molar-refractivity contribution is 6.58. The Bertz CT molecular complexity index is 255. The molecule has 0 N–H and O–H groups in total. The zero-order valence-electron chi connectivity index (χ0n) is 7.38. The van der Waals surface area contributed by atoms with Crippen molar-refractivity contribution >= 4 is 6.98 Å². The van der Waals surface area contributed by atoms with Gasteiger partial charge in [-0.3, -0.25) is 0 Å². The molecule has 1 atom stereocenters. The second-order valence-electron chi connectivity index (χ2n) is 3.26. The van der Waals surface area contributed by atoms with E-state index in [9.17, 15) is 12.9 Å². The monoisotopic (exact) mass is 187 g/mol. The molecule has 0 amide bonds. The van der Waals surface area contributed by atoms with Gasteiger partial charge in [-0.2, -0.15) is 0 Å². The fraction of sp³-hybridized carbons (Fsp3) is 0.333. The lowest BCUT2D eigenvalue weighted by atomic mass is 9.76. The molecule has 0 bridgehead atoms. The summed E-state index contributed by atoms with van der Waals surface area (Å²) in [4.78, 5) is 0. The first kappa shape index (κ1) is 10.2. The van der Waals surface area contributed by atoms with Gasteiger partial charge >= 0.3 is 6.98 Å². The molecule has 0 saturated heterocycles. The van der Waals surface area contributed by atoms with Crippen LogP contribution < -0.4 is 0 Å². The minimum atomic E-state index is -4.67. The Hall–Kier alpha value is -0.925. The molecule has 0 heterocycles. The SMILES string of the molecule is CC(C[B-](F)(F)F)c1ccccc1. The largest absolute Gasteiger partial charge is 0.478 e. The summed E-state index contributed by atoms with van der Waals surface area (Å²) in [5.41, 5.74) is 0.752. The van der Waals surface area contributed by atoms with E-state index in [1.54, 1.807) is 37.3 Å². The van der Waals surface area contributed by atoms with Crippen LogP contribution in [0.25, 0.3) is 0 Å². The van der Waals surface area contributed by atoms with E-state index in [1.807, 2.05) is 0 Å². The second kappa shape index (κ2) is 3.86. The van der Waals surface area contributed by atoms with Crippen LogP contribution in [-0.2, 0) is 0 Å². The lowest BCUT2D eigenvalue weighted by molar-refractivity contribution is 0.458. The summed E-state index contributed by atoms with van der Waals surface area (Å²) in [5.74, 6) is -0.429. The Balaban J connectivity index is 2.64. The van der Waals surface area contributed by atoms with Crippen LogP contribution in [0.4, 0.5) is 12.9 Å². The molecule has 0 aromatic heterocycles. The second-order valence-corrected chi connectivity index (χ2v) is 3.26. The van der Waals surface area contributed by atoms with Crippen molar-refractivity contribution in [2.24, 2.45) is 0 Å². The average molecular weight is 187 g/mol. The molecule has 0 radical (unpaired) electrons. The van der Waals surface area contributed by atoms with Crippen molar-refractivity contribution in [1.29, 1.82) is 0 Å². The molecule has 72 valence electrons. The maximum atomic E-state index is 12.1. The van der Waals surface area contributed by atoms with E-state index in [4.69, 9.17) is 0 Å². The van der Waals surface area contributed by atoms with Crippen molar-refractivity contribution in [3.05, 3.63) is 35.9 Å². The van der Waals surface area contributed by atoms with E-state index >= 15 is 0 Å². The third-order valence-corrected chi connectivity index (χ3v) is 1.99. The van der Waals surface area contributed by atoms with Gasteiger partial charge in [0.1, 0.15) is 0 Å². The molecule has 1 unspecified atom stereocenters. The quantitative estimate of drug-likeness (QED) is 0.633. The van der Waals surface area contributed by atoms with Gasteiger partial charge in [-0.1, -0.05) is 43.6 Å². The molecule has 1 aromatic carbocycles. The maximum absolute atomic E-state index is 12.1. The Morgan fingerprint density at radius 3 is 2.15 bits per heavy atom. The standard InChI is InChI=1S/C9H11BF3/c1-8(7-10(11,12)13)9-5-3-2-4-6-9/h2-6,8H,7H2,1H3/q-1. The minimum absolute atomic E-state index is 0.429. The zero-order chi connectivity index (χ0) is 9.90. The fourth-order valence-corrected chi connectivity index (χ4v) is 1.32. The van der Waals surface area contributed by atoms with Crippen molar-refractivity contribution in [2.45, 2.75) is 19.2 Å². The van der Waals surface area contributed by atoms with Gasteiger partial charge in [-0.25, -0.2) is 0 Å². The summed E-state index contributed by atoms with van der Waals surface area (Å²) >= 11 is 0. The first-order valence-electron chi connectivity index (χ1n) is 4.25. The third kappa shape index (κ3) is 3.53. The summed E-state index contributed by atoms with van der Waals surface area (Å²) < 4.78 is 36.2. The molecule has 0 nitrogen and oxygen atoms in total. The molecule has 1 aromatic rings. The van der Waals surface area contributed by atoms with Crippen LogP contribution in [0.3, 0.4) is 0 Å². The van der Waals surface area contributed by atoms with Gasteiger partial charge in [0.05, 0.1) is 0 Å². The number of halogens is 3. The fourth-order valence-electron chi connectivity index (χ4n) is 1.32. The highest BCUT2D eigenvalue weighted by Gasteiger charge is 2.25. The minimum Gasteiger partial charge on any atom is -0.449 e. The zero-order valence-corrected chi connectivity index (χ0v) is 7.38. The lowest BCUT2D eigenvalue weighted by Crippen LogP contribution is -2.17. The van der Waals surface area contributed by atoms with Crippen LogP contribution in [0, 0.1) is 0 Å². The van der Waals surface area contributed by atoms with Crippen LogP contribution in [0.5, 0.6) is 0 Å². The van der Waals surface area contributed by atoms with Crippen molar-refractivity contribution in [2.75, 3.05) is 0 Å². The summed E-state index contributed by atoms with van der Waals surface area (Å²) in [6.45, 7) is -3.07. The van der Waals surface area contributed by atoms with Gasteiger partial charge in [-0.05, 0) is 11.5 Å². The number of hydrogen-bond acceptors (Lipinski definition) is 0. The van der Waals surface area contributed by atoms with Crippen LogP contribution in [0.2, 0.25) is 6.32 Å². The summed E-state index contributed by atoms with van der Waals surface area (Å²) in [5, 5.41) is 0. The molecule has 0 aliphatic carbocycles. The molecule has 4 heteroatoms. The van der Waals surface area contributed by atoms with E-state index in [0.717, 1.165) is 5.56 Å². The van der Waals surface area contributed by atoms with E-state index in [2.05, 4.69) is 0 Å². The topological polar surface area (TPSA) is 0 Å². The number of benzene rings is 1. The van der Waals surface area contributed by atoms with E-state index in [1.165, 1.54) is 0 Å². The summed E-state index contributed by atoms with van der Waals surface area (Å²) in [6.07, 6.45) is -0.690. The summed E-state index contributed by atoms with van der Waals surface area (Å²) in [7, 11) is 0. The summed E-state index contributed by atoms with van der Waals surface area (Å²) in [6, 6.07) is 8.78. The average Bonchev–Trinajstić information content (AvgIpc) is 2.03. The predicted octanol–water partition coefficient (Wildman–Crippen LogP) is 3.64. The van der Waals surface area contributed by atoms with Crippen molar-refractivity contribution < 1.29 is 12.9 Å². The van der Waals surface area contributed by atoms with Gasteiger partial charge in [0.2, 0.25) is 0 Å². The van der Waals surface area contributed by atoms with Crippen LogP contribution in [0.1, 0.15) is 18.4 Å². The van der Waals surface area contributed by atoms with Crippen molar-refractivity contribution in [1.82, 2.24) is 0 Å². The van der Waals surface area contributed by atoms with Crippen molar-refractivity contribution in [3.8, 4) is 0 Å². The molecule has 0 saturated carbocycles. The van der Waals surface area contributed by atoms with Crippen LogP contribution >= 0.6 is 0 Å². The van der Waals surface area contributed by atoms with E-state index < -0.39 is 19.2 Å². The highest BCUT2D eigenvalue weighted by atomic mass is 19.4. The molecule has 13 heavy (non-hydrogen) atoms. The first-order chi connectivity index (χ1) is 5.99. The molecule has 0 fully saturated rings. The Morgan fingerprint density at radius 2 is 1.69 bits per heavy atom. The van der Waals surface area contributed by atoms with Crippen LogP contribution in [0.15, 0.2) is 30.3 Å². The van der Waals surface area contributed by atoms with Gasteiger partial charge < -0.3 is 12.9 Å². The molecular formula is C9H11BF3-. The lowest BCUT2D eigenvalue weighted by Gasteiger charge is -2.19. The van der Waals surface area contributed by atoms with Gasteiger partial charge in [0.15, 0.2) is 0 Å². The maximum Gasteiger partial charge on any atom is 0.478 e. The van der Waals surface area contributed by atoms with Crippen LogP contribution in [-0.4, -0.2) is 6.98 Å².